The molecule has 0 spiro atoms. The predicted molar refractivity (Wildman–Crippen MR) is 132 cm³/mol. The highest BCUT2D eigenvalue weighted by atomic mass is 16.5. The van der Waals surface area contributed by atoms with Crippen LogP contribution in [0.15, 0.2) is 66.7 Å². The summed E-state index contributed by atoms with van der Waals surface area (Å²) in [5, 5.41) is 0. The lowest BCUT2D eigenvalue weighted by Crippen LogP contribution is -2.34. The Balaban J connectivity index is 1.62. The molecule has 5 nitrogen and oxygen atoms in total. The van der Waals surface area contributed by atoms with Crippen molar-refractivity contribution in [2.75, 3.05) is 45.4 Å². The molecule has 172 valence electrons. The van der Waals surface area contributed by atoms with Crippen LogP contribution in [0.3, 0.4) is 0 Å². The number of amides is 1. The number of ether oxygens (including phenoxy) is 2. The maximum absolute atomic E-state index is 13.4. The fraction of sp³-hybridized carbons (Fsp3) is 0.321. The van der Waals surface area contributed by atoms with Crippen molar-refractivity contribution in [1.82, 2.24) is 4.90 Å². The first-order valence-corrected chi connectivity index (χ1v) is 11.4. The van der Waals surface area contributed by atoms with Gasteiger partial charge in [0.2, 0.25) is 0 Å². The zero-order valence-corrected chi connectivity index (χ0v) is 19.7. The van der Waals surface area contributed by atoms with Crippen molar-refractivity contribution in [2.24, 2.45) is 0 Å². The van der Waals surface area contributed by atoms with Gasteiger partial charge in [-0.3, -0.25) is 4.79 Å². The standard InChI is InChI=1S/C28H32N2O3/c1-21-10-11-27-25(16-21)18-22-6-4-7-23(17-22)20-30(12-13-32-14-15-33-27)28(31)24-8-5-9-26(19-24)29(2)3/h4-11,16-17,19H,12-15,18,20H2,1-3H3. The van der Waals surface area contributed by atoms with E-state index >= 15 is 0 Å². The third-order valence-electron chi connectivity index (χ3n) is 5.86. The van der Waals surface area contributed by atoms with Gasteiger partial charge in [-0.1, -0.05) is 48.0 Å². The van der Waals surface area contributed by atoms with E-state index in [2.05, 4.69) is 43.3 Å². The summed E-state index contributed by atoms with van der Waals surface area (Å²) >= 11 is 0. The molecule has 0 saturated carbocycles. The molecule has 0 fully saturated rings. The van der Waals surface area contributed by atoms with Crippen molar-refractivity contribution in [3.8, 4) is 5.75 Å². The minimum atomic E-state index is 0.0111. The quantitative estimate of drug-likeness (QED) is 0.574. The van der Waals surface area contributed by atoms with Crippen molar-refractivity contribution in [3.05, 3.63) is 94.5 Å². The lowest BCUT2D eigenvalue weighted by molar-refractivity contribution is 0.0571. The van der Waals surface area contributed by atoms with Crippen molar-refractivity contribution in [2.45, 2.75) is 19.9 Å². The number of anilines is 1. The van der Waals surface area contributed by atoms with Gasteiger partial charge in [0.25, 0.3) is 5.91 Å². The topological polar surface area (TPSA) is 42.0 Å². The normalized spacial score (nSPS) is 14.6. The van der Waals surface area contributed by atoms with E-state index in [9.17, 15) is 4.79 Å². The van der Waals surface area contributed by atoms with Gasteiger partial charge in [-0.15, -0.1) is 0 Å². The molecule has 0 aromatic heterocycles. The number of carbonyl (C=O) groups is 1. The first-order valence-electron chi connectivity index (χ1n) is 11.4. The van der Waals surface area contributed by atoms with E-state index in [4.69, 9.17) is 9.47 Å². The second-order valence-corrected chi connectivity index (χ2v) is 8.74. The van der Waals surface area contributed by atoms with Gasteiger partial charge >= 0.3 is 0 Å². The Morgan fingerprint density at radius 1 is 0.909 bits per heavy atom. The van der Waals surface area contributed by atoms with E-state index in [0.29, 0.717) is 38.5 Å². The summed E-state index contributed by atoms with van der Waals surface area (Å²) in [5.41, 5.74) is 6.38. The van der Waals surface area contributed by atoms with Crippen molar-refractivity contribution >= 4 is 11.6 Å². The van der Waals surface area contributed by atoms with E-state index in [1.807, 2.05) is 54.2 Å². The fourth-order valence-electron chi connectivity index (χ4n) is 4.10. The first kappa shape index (κ1) is 22.9. The SMILES string of the molecule is Cc1ccc2c(c1)Cc1cccc(c1)CN(C(=O)c1cccc(N(C)C)c1)CCOCCO2. The van der Waals surface area contributed by atoms with Crippen molar-refractivity contribution < 1.29 is 14.3 Å². The van der Waals surface area contributed by atoms with Gasteiger partial charge < -0.3 is 19.3 Å². The lowest BCUT2D eigenvalue weighted by Gasteiger charge is -2.24. The molecular weight excluding hydrogens is 412 g/mol. The molecule has 1 aliphatic heterocycles. The molecule has 1 aliphatic rings. The molecule has 0 aliphatic carbocycles. The van der Waals surface area contributed by atoms with Crippen LogP contribution in [0.1, 0.15) is 32.6 Å². The predicted octanol–water partition coefficient (Wildman–Crippen LogP) is 4.70. The monoisotopic (exact) mass is 444 g/mol. The van der Waals surface area contributed by atoms with Gasteiger partial charge in [0.15, 0.2) is 0 Å². The number of fused-ring (bicyclic) bond motifs is 3. The van der Waals surface area contributed by atoms with E-state index in [-0.39, 0.29) is 5.91 Å². The Morgan fingerprint density at radius 3 is 2.58 bits per heavy atom. The summed E-state index contributed by atoms with van der Waals surface area (Å²) < 4.78 is 11.9. The number of aryl methyl sites for hydroxylation is 1. The van der Waals surface area contributed by atoms with E-state index in [0.717, 1.165) is 29.0 Å². The molecule has 3 aromatic rings. The number of rotatable bonds is 2. The maximum atomic E-state index is 13.4. The third kappa shape index (κ3) is 5.93. The molecule has 0 radical (unpaired) electrons. The zero-order valence-electron chi connectivity index (χ0n) is 19.7. The number of nitrogens with zero attached hydrogens (tertiary/aromatic N) is 2. The van der Waals surface area contributed by atoms with Crippen LogP contribution in [0.25, 0.3) is 0 Å². The maximum Gasteiger partial charge on any atom is 0.254 e. The smallest absolute Gasteiger partial charge is 0.254 e. The van der Waals surface area contributed by atoms with Crippen LogP contribution >= 0.6 is 0 Å². The molecular formula is C28H32N2O3. The molecule has 0 saturated heterocycles. The van der Waals surface area contributed by atoms with Gasteiger partial charge in [0.05, 0.1) is 13.2 Å². The molecule has 0 N–H and O–H groups in total. The number of carbonyl (C=O) groups excluding carboxylic acids is 1. The Morgan fingerprint density at radius 2 is 1.73 bits per heavy atom. The Labute approximate surface area is 196 Å². The van der Waals surface area contributed by atoms with E-state index in [1.165, 1.54) is 11.1 Å². The lowest BCUT2D eigenvalue weighted by atomic mass is 10.00. The molecule has 33 heavy (non-hydrogen) atoms. The number of benzene rings is 3. The van der Waals surface area contributed by atoms with Crippen LogP contribution < -0.4 is 9.64 Å². The number of hydrogen-bond acceptors (Lipinski definition) is 4. The highest BCUT2D eigenvalue weighted by Gasteiger charge is 2.18. The molecule has 4 rings (SSSR count). The van der Waals surface area contributed by atoms with Gasteiger partial charge in [-0.2, -0.15) is 0 Å². The van der Waals surface area contributed by atoms with Crippen molar-refractivity contribution in [3.63, 3.8) is 0 Å². The van der Waals surface area contributed by atoms with Crippen LogP contribution in [-0.4, -0.2) is 51.3 Å². The summed E-state index contributed by atoms with van der Waals surface area (Å²) in [7, 11) is 3.96. The summed E-state index contributed by atoms with van der Waals surface area (Å²) in [6.07, 6.45) is 0.782. The molecule has 0 atom stereocenters. The van der Waals surface area contributed by atoms with Crippen LogP contribution in [0.2, 0.25) is 0 Å². The van der Waals surface area contributed by atoms with E-state index < -0.39 is 0 Å². The minimum Gasteiger partial charge on any atom is -0.491 e. The van der Waals surface area contributed by atoms with Gasteiger partial charge in [-0.05, 0) is 47.9 Å². The molecule has 2 bridgehead atoms. The third-order valence-corrected chi connectivity index (χ3v) is 5.86. The fourth-order valence-corrected chi connectivity index (χ4v) is 4.10. The van der Waals surface area contributed by atoms with E-state index in [1.54, 1.807) is 0 Å². The summed E-state index contributed by atoms with van der Waals surface area (Å²) in [5.74, 6) is 0.918. The molecule has 5 heteroatoms. The summed E-state index contributed by atoms with van der Waals surface area (Å²) in [6.45, 7) is 4.58. The summed E-state index contributed by atoms with van der Waals surface area (Å²) in [6, 6.07) is 22.5. The molecule has 3 aromatic carbocycles. The largest absolute Gasteiger partial charge is 0.491 e. The average Bonchev–Trinajstić information content (AvgIpc) is 2.81. The second-order valence-electron chi connectivity index (χ2n) is 8.74. The molecule has 1 amide bonds. The van der Waals surface area contributed by atoms with Gasteiger partial charge in [0.1, 0.15) is 12.4 Å². The molecule has 0 unspecified atom stereocenters. The number of hydrogen-bond donors (Lipinski definition) is 0. The Hall–Kier alpha value is -3.31. The first-order chi connectivity index (χ1) is 16.0. The van der Waals surface area contributed by atoms with Crippen LogP contribution in [0, 0.1) is 6.92 Å². The Kier molecular flexibility index (Phi) is 7.30. The van der Waals surface area contributed by atoms with Gasteiger partial charge in [-0.25, -0.2) is 0 Å². The highest BCUT2D eigenvalue weighted by Crippen LogP contribution is 2.24. The molecule has 1 heterocycles. The minimum absolute atomic E-state index is 0.0111. The van der Waals surface area contributed by atoms with Crippen molar-refractivity contribution in [1.29, 1.82) is 0 Å². The van der Waals surface area contributed by atoms with Crippen LogP contribution in [0.4, 0.5) is 5.69 Å². The highest BCUT2D eigenvalue weighted by molar-refractivity contribution is 5.95. The van der Waals surface area contributed by atoms with Gasteiger partial charge in [0, 0.05) is 44.9 Å². The van der Waals surface area contributed by atoms with Crippen LogP contribution in [0.5, 0.6) is 5.75 Å². The summed E-state index contributed by atoms with van der Waals surface area (Å²) in [4.78, 5) is 17.3. The van der Waals surface area contributed by atoms with Crippen LogP contribution in [-0.2, 0) is 17.7 Å². The Bertz CT molecular complexity index is 1110. The zero-order chi connectivity index (χ0) is 23.2. The average molecular weight is 445 g/mol. The second kappa shape index (κ2) is 10.5.